The summed E-state index contributed by atoms with van der Waals surface area (Å²) in [4.78, 5) is 12.3. The molecule has 0 bridgehead atoms. The molecule has 2 rings (SSSR count). The van der Waals surface area contributed by atoms with Crippen LogP contribution in [0.4, 0.5) is 0 Å². The molecule has 0 spiro atoms. The summed E-state index contributed by atoms with van der Waals surface area (Å²) < 4.78 is 0. The van der Waals surface area contributed by atoms with E-state index in [1.807, 2.05) is 0 Å². The number of hydrogen-bond acceptors (Lipinski definition) is 1. The lowest BCUT2D eigenvalue weighted by molar-refractivity contribution is -0.127. The normalized spacial score (nSPS) is 30.1. The first-order valence-corrected chi connectivity index (χ1v) is 8.27. The van der Waals surface area contributed by atoms with Crippen LogP contribution in [-0.2, 0) is 4.79 Å². The van der Waals surface area contributed by atoms with E-state index in [-0.39, 0.29) is 0 Å². The SMILES string of the molecule is CC(C)(C)C1CCC(C(=O)NC2CCCCC2)CC1. The molecule has 0 radical (unpaired) electrons. The highest BCUT2D eigenvalue weighted by atomic mass is 16.1. The van der Waals surface area contributed by atoms with Gasteiger partial charge in [-0.2, -0.15) is 0 Å². The van der Waals surface area contributed by atoms with E-state index in [9.17, 15) is 4.79 Å². The van der Waals surface area contributed by atoms with E-state index >= 15 is 0 Å². The van der Waals surface area contributed by atoms with E-state index in [0.717, 1.165) is 18.8 Å². The van der Waals surface area contributed by atoms with Gasteiger partial charge in [-0.1, -0.05) is 40.0 Å². The first-order chi connectivity index (χ1) is 8.97. The van der Waals surface area contributed by atoms with Gasteiger partial charge in [-0.05, 0) is 49.9 Å². The van der Waals surface area contributed by atoms with Gasteiger partial charge in [-0.25, -0.2) is 0 Å². The Kier molecular flexibility index (Phi) is 4.92. The molecule has 2 aliphatic carbocycles. The Balaban J connectivity index is 1.76. The first-order valence-electron chi connectivity index (χ1n) is 8.27. The summed E-state index contributed by atoms with van der Waals surface area (Å²) in [5.41, 5.74) is 0.408. The van der Waals surface area contributed by atoms with Gasteiger partial charge in [0.2, 0.25) is 5.91 Å². The standard InChI is InChI=1S/C17H31NO/c1-17(2,3)14-11-9-13(10-12-14)16(19)18-15-7-5-4-6-8-15/h13-15H,4-12H2,1-3H3,(H,18,19). The predicted octanol–water partition coefficient (Wildman–Crippen LogP) is 4.29. The molecular formula is C17H31NO. The van der Waals surface area contributed by atoms with E-state index in [4.69, 9.17) is 0 Å². The van der Waals surface area contributed by atoms with E-state index in [0.29, 0.717) is 23.3 Å². The van der Waals surface area contributed by atoms with E-state index in [1.54, 1.807) is 0 Å². The minimum Gasteiger partial charge on any atom is -0.353 e. The fraction of sp³-hybridized carbons (Fsp3) is 0.941. The van der Waals surface area contributed by atoms with Gasteiger partial charge < -0.3 is 5.32 Å². The molecule has 0 saturated heterocycles. The topological polar surface area (TPSA) is 29.1 Å². The van der Waals surface area contributed by atoms with Gasteiger partial charge in [0, 0.05) is 12.0 Å². The average Bonchev–Trinajstić information content (AvgIpc) is 2.39. The van der Waals surface area contributed by atoms with E-state index in [1.165, 1.54) is 44.9 Å². The Morgan fingerprint density at radius 2 is 1.47 bits per heavy atom. The summed E-state index contributed by atoms with van der Waals surface area (Å²) in [5, 5.41) is 3.30. The van der Waals surface area contributed by atoms with Crippen LogP contribution in [0, 0.1) is 17.3 Å². The maximum atomic E-state index is 12.3. The predicted molar refractivity (Wildman–Crippen MR) is 79.9 cm³/mol. The van der Waals surface area contributed by atoms with Crippen molar-refractivity contribution in [3.05, 3.63) is 0 Å². The molecule has 0 aliphatic heterocycles. The fourth-order valence-corrected chi connectivity index (χ4v) is 3.79. The van der Waals surface area contributed by atoms with Crippen LogP contribution in [0.5, 0.6) is 0 Å². The van der Waals surface area contributed by atoms with Crippen molar-refractivity contribution in [3.63, 3.8) is 0 Å². The van der Waals surface area contributed by atoms with Gasteiger partial charge in [-0.3, -0.25) is 4.79 Å². The molecule has 1 N–H and O–H groups in total. The molecule has 2 nitrogen and oxygen atoms in total. The molecule has 1 amide bonds. The Hall–Kier alpha value is -0.530. The van der Waals surface area contributed by atoms with Crippen molar-refractivity contribution in [2.45, 2.75) is 84.6 Å². The van der Waals surface area contributed by atoms with Crippen LogP contribution in [0.25, 0.3) is 0 Å². The molecular weight excluding hydrogens is 234 g/mol. The quantitative estimate of drug-likeness (QED) is 0.793. The first kappa shape index (κ1) is 14.9. The van der Waals surface area contributed by atoms with Crippen LogP contribution in [0.2, 0.25) is 0 Å². The zero-order valence-electron chi connectivity index (χ0n) is 13.0. The Labute approximate surface area is 118 Å². The Morgan fingerprint density at radius 1 is 0.895 bits per heavy atom. The zero-order valence-corrected chi connectivity index (χ0v) is 13.0. The minimum atomic E-state index is 0.292. The third kappa shape index (κ3) is 4.22. The lowest BCUT2D eigenvalue weighted by Crippen LogP contribution is -2.41. The summed E-state index contributed by atoms with van der Waals surface area (Å²) >= 11 is 0. The Bertz CT molecular complexity index is 291. The second-order valence-electron chi connectivity index (χ2n) is 7.76. The van der Waals surface area contributed by atoms with Gasteiger partial charge in [0.1, 0.15) is 0 Å². The van der Waals surface area contributed by atoms with E-state index in [2.05, 4.69) is 26.1 Å². The molecule has 0 unspecified atom stereocenters. The summed E-state index contributed by atoms with van der Waals surface area (Å²) in [7, 11) is 0. The van der Waals surface area contributed by atoms with Gasteiger partial charge in [-0.15, -0.1) is 0 Å². The van der Waals surface area contributed by atoms with Crippen molar-refractivity contribution < 1.29 is 4.79 Å². The molecule has 2 saturated carbocycles. The van der Waals surface area contributed by atoms with Gasteiger partial charge in [0.05, 0.1) is 0 Å². The summed E-state index contributed by atoms with van der Waals surface area (Å²) in [6, 6.07) is 0.474. The highest BCUT2D eigenvalue weighted by Gasteiger charge is 2.32. The average molecular weight is 265 g/mol. The second-order valence-corrected chi connectivity index (χ2v) is 7.76. The third-order valence-electron chi connectivity index (χ3n) is 5.27. The number of amides is 1. The second kappa shape index (κ2) is 6.28. The largest absolute Gasteiger partial charge is 0.353 e. The molecule has 0 aromatic rings. The zero-order chi connectivity index (χ0) is 13.9. The third-order valence-corrected chi connectivity index (χ3v) is 5.27. The molecule has 2 heteroatoms. The fourth-order valence-electron chi connectivity index (χ4n) is 3.79. The van der Waals surface area contributed by atoms with Crippen molar-refractivity contribution in [1.29, 1.82) is 0 Å². The molecule has 2 fully saturated rings. The van der Waals surface area contributed by atoms with Gasteiger partial charge in [0.15, 0.2) is 0 Å². The van der Waals surface area contributed by atoms with Crippen LogP contribution in [0.1, 0.15) is 78.6 Å². The molecule has 2 aliphatic rings. The maximum absolute atomic E-state index is 12.3. The Morgan fingerprint density at radius 3 is 2.00 bits per heavy atom. The van der Waals surface area contributed by atoms with Crippen molar-refractivity contribution in [2.24, 2.45) is 17.3 Å². The molecule has 0 atom stereocenters. The summed E-state index contributed by atoms with van der Waals surface area (Å²) in [6.45, 7) is 7.00. The molecule has 19 heavy (non-hydrogen) atoms. The monoisotopic (exact) mass is 265 g/mol. The van der Waals surface area contributed by atoms with E-state index < -0.39 is 0 Å². The molecule has 110 valence electrons. The number of rotatable bonds is 2. The number of carbonyl (C=O) groups is 1. The lowest BCUT2D eigenvalue weighted by atomic mass is 9.69. The van der Waals surface area contributed by atoms with Crippen LogP contribution in [0.15, 0.2) is 0 Å². The van der Waals surface area contributed by atoms with Crippen LogP contribution in [0.3, 0.4) is 0 Å². The van der Waals surface area contributed by atoms with Crippen molar-refractivity contribution in [3.8, 4) is 0 Å². The smallest absolute Gasteiger partial charge is 0.223 e. The molecule has 0 aromatic carbocycles. The highest BCUT2D eigenvalue weighted by Crippen LogP contribution is 2.39. The van der Waals surface area contributed by atoms with Crippen LogP contribution < -0.4 is 5.32 Å². The van der Waals surface area contributed by atoms with Gasteiger partial charge >= 0.3 is 0 Å². The maximum Gasteiger partial charge on any atom is 0.223 e. The number of carbonyl (C=O) groups excluding carboxylic acids is 1. The van der Waals surface area contributed by atoms with Crippen LogP contribution in [-0.4, -0.2) is 11.9 Å². The lowest BCUT2D eigenvalue weighted by Gasteiger charge is -2.37. The van der Waals surface area contributed by atoms with Crippen LogP contribution >= 0.6 is 0 Å². The van der Waals surface area contributed by atoms with Gasteiger partial charge in [0.25, 0.3) is 0 Å². The van der Waals surface area contributed by atoms with Crippen molar-refractivity contribution in [2.75, 3.05) is 0 Å². The summed E-state index contributed by atoms with van der Waals surface area (Å²) in [6.07, 6.45) is 11.0. The number of hydrogen-bond donors (Lipinski definition) is 1. The minimum absolute atomic E-state index is 0.292. The van der Waals surface area contributed by atoms with Crippen molar-refractivity contribution >= 4 is 5.91 Å². The van der Waals surface area contributed by atoms with Crippen molar-refractivity contribution in [1.82, 2.24) is 5.32 Å². The molecule has 0 aromatic heterocycles. The molecule has 0 heterocycles. The number of nitrogens with one attached hydrogen (secondary N) is 1. The highest BCUT2D eigenvalue weighted by molar-refractivity contribution is 5.79. The summed E-state index contributed by atoms with van der Waals surface area (Å²) in [5.74, 6) is 1.44.